The molecule has 2 aromatic rings. The summed E-state index contributed by atoms with van der Waals surface area (Å²) in [5, 5.41) is 10.9. The van der Waals surface area contributed by atoms with Gasteiger partial charge in [0.1, 0.15) is 9.88 Å². The summed E-state index contributed by atoms with van der Waals surface area (Å²) in [6.07, 6.45) is 5.49. The Hall–Kier alpha value is -1.67. The quantitative estimate of drug-likeness (QED) is 0.631. The van der Waals surface area contributed by atoms with Crippen molar-refractivity contribution < 1.29 is 4.79 Å². The van der Waals surface area contributed by atoms with Crippen molar-refractivity contribution in [1.82, 2.24) is 10.2 Å². The van der Waals surface area contributed by atoms with Gasteiger partial charge in [-0.25, -0.2) is 0 Å². The van der Waals surface area contributed by atoms with Crippen molar-refractivity contribution in [2.24, 2.45) is 5.73 Å². The average molecular weight is 297 g/mol. The van der Waals surface area contributed by atoms with Crippen LogP contribution in [0.15, 0.2) is 17.3 Å². The van der Waals surface area contributed by atoms with Crippen LogP contribution in [0.25, 0.3) is 0 Å². The molecule has 6 N–H and O–H groups in total. The van der Waals surface area contributed by atoms with Crippen molar-refractivity contribution in [2.45, 2.75) is 17.9 Å². The number of anilines is 2. The molecule has 1 atom stereocenters. The van der Waals surface area contributed by atoms with Gasteiger partial charge in [0, 0.05) is 11.8 Å². The molecule has 0 radical (unpaired) electrons. The lowest BCUT2D eigenvalue weighted by Gasteiger charge is -2.13. The number of H-pyrrole nitrogens is 1. The van der Waals surface area contributed by atoms with E-state index in [0.29, 0.717) is 10.6 Å². The van der Waals surface area contributed by atoms with Gasteiger partial charge in [0.2, 0.25) is 0 Å². The Labute approximate surface area is 119 Å². The molecule has 1 unspecified atom stereocenters. The lowest BCUT2D eigenvalue weighted by Crippen LogP contribution is -2.10. The predicted octanol–water partition coefficient (Wildman–Crippen LogP) is 2.05. The molecule has 0 spiro atoms. The Morgan fingerprint density at radius 3 is 2.89 bits per heavy atom. The van der Waals surface area contributed by atoms with E-state index in [1.165, 1.54) is 23.1 Å². The second kappa shape index (κ2) is 5.54. The zero-order chi connectivity index (χ0) is 14.0. The van der Waals surface area contributed by atoms with Crippen LogP contribution in [0.5, 0.6) is 0 Å². The largest absolute Gasteiger partial charge is 0.396 e. The molecular weight excluding hydrogens is 282 g/mol. The van der Waals surface area contributed by atoms with Gasteiger partial charge in [-0.15, -0.1) is 23.1 Å². The molecule has 0 aliphatic rings. The first kappa shape index (κ1) is 13.8. The van der Waals surface area contributed by atoms with E-state index in [9.17, 15) is 4.79 Å². The highest BCUT2D eigenvalue weighted by atomic mass is 32.2. The van der Waals surface area contributed by atoms with Crippen LogP contribution in [0, 0.1) is 0 Å². The number of primary amides is 1. The maximum absolute atomic E-state index is 11.3. The molecule has 0 saturated carbocycles. The monoisotopic (exact) mass is 297 g/mol. The first-order chi connectivity index (χ1) is 9.04. The molecule has 0 fully saturated rings. The molecule has 0 aliphatic heterocycles. The van der Waals surface area contributed by atoms with Crippen molar-refractivity contribution in [3.05, 3.63) is 22.8 Å². The molecule has 1 amide bonds. The minimum Gasteiger partial charge on any atom is -0.396 e. The van der Waals surface area contributed by atoms with Crippen LogP contribution in [-0.4, -0.2) is 22.4 Å². The fourth-order valence-corrected chi connectivity index (χ4v) is 3.65. The fourth-order valence-electron chi connectivity index (χ4n) is 1.69. The number of hydrogen-bond acceptors (Lipinski definition) is 6. The van der Waals surface area contributed by atoms with E-state index >= 15 is 0 Å². The molecule has 19 heavy (non-hydrogen) atoms. The van der Waals surface area contributed by atoms with Crippen LogP contribution in [-0.2, 0) is 0 Å². The van der Waals surface area contributed by atoms with Crippen LogP contribution in [0.1, 0.15) is 28.2 Å². The zero-order valence-corrected chi connectivity index (χ0v) is 12.2. The number of thiophene rings is 1. The number of nitrogen functional groups attached to an aromatic ring is 1. The molecule has 102 valence electrons. The van der Waals surface area contributed by atoms with Crippen molar-refractivity contribution in [3.63, 3.8) is 0 Å². The summed E-state index contributed by atoms with van der Waals surface area (Å²) in [5.74, 6) is -0.498. The number of nitrogens with two attached hydrogens (primary N) is 2. The summed E-state index contributed by atoms with van der Waals surface area (Å²) in [7, 11) is 0. The minimum absolute atomic E-state index is 0.0587. The van der Waals surface area contributed by atoms with Gasteiger partial charge >= 0.3 is 0 Å². The van der Waals surface area contributed by atoms with Crippen LogP contribution < -0.4 is 16.8 Å². The molecule has 0 bridgehead atoms. The number of aromatic amines is 1. The van der Waals surface area contributed by atoms with Crippen molar-refractivity contribution in [3.8, 4) is 0 Å². The second-order valence-electron chi connectivity index (χ2n) is 3.97. The Balaban J connectivity index is 2.29. The smallest absolute Gasteiger partial charge is 0.261 e. The van der Waals surface area contributed by atoms with E-state index in [0.717, 1.165) is 15.5 Å². The number of amides is 1. The predicted molar refractivity (Wildman–Crippen MR) is 79.7 cm³/mol. The van der Waals surface area contributed by atoms with Crippen molar-refractivity contribution in [1.29, 1.82) is 0 Å². The van der Waals surface area contributed by atoms with E-state index in [2.05, 4.69) is 15.5 Å². The number of thioether (sulfide) groups is 1. The third kappa shape index (κ3) is 2.69. The van der Waals surface area contributed by atoms with E-state index in [1.54, 1.807) is 6.20 Å². The van der Waals surface area contributed by atoms with E-state index in [4.69, 9.17) is 11.5 Å². The summed E-state index contributed by atoms with van der Waals surface area (Å²) in [5.41, 5.74) is 12.7. The van der Waals surface area contributed by atoms with E-state index in [-0.39, 0.29) is 6.04 Å². The first-order valence-corrected chi connectivity index (χ1v) is 7.60. The third-order valence-electron chi connectivity index (χ3n) is 2.69. The van der Waals surface area contributed by atoms with E-state index in [1.807, 2.05) is 19.4 Å². The number of nitrogens with one attached hydrogen (secondary N) is 2. The second-order valence-corrected chi connectivity index (χ2v) is 5.81. The molecule has 2 rings (SSSR count). The zero-order valence-electron chi connectivity index (χ0n) is 10.6. The molecule has 0 saturated heterocycles. The Morgan fingerprint density at radius 1 is 1.63 bits per heavy atom. The fraction of sp³-hybridized carbons (Fsp3) is 0.273. The molecule has 8 heteroatoms. The van der Waals surface area contributed by atoms with Crippen LogP contribution >= 0.6 is 23.1 Å². The van der Waals surface area contributed by atoms with Crippen LogP contribution in [0.4, 0.5) is 10.7 Å². The first-order valence-electron chi connectivity index (χ1n) is 5.55. The van der Waals surface area contributed by atoms with Gasteiger partial charge < -0.3 is 16.8 Å². The lowest BCUT2D eigenvalue weighted by molar-refractivity contribution is 0.100. The summed E-state index contributed by atoms with van der Waals surface area (Å²) in [6, 6.07) is 0.0587. The van der Waals surface area contributed by atoms with Gasteiger partial charge in [-0.3, -0.25) is 9.89 Å². The van der Waals surface area contributed by atoms with Gasteiger partial charge in [0.05, 0.1) is 22.8 Å². The summed E-state index contributed by atoms with van der Waals surface area (Å²) in [4.78, 5) is 12.6. The maximum Gasteiger partial charge on any atom is 0.261 e. The van der Waals surface area contributed by atoms with Gasteiger partial charge in [-0.05, 0) is 13.2 Å². The van der Waals surface area contributed by atoms with E-state index < -0.39 is 5.91 Å². The van der Waals surface area contributed by atoms with Crippen LogP contribution in [0.2, 0.25) is 0 Å². The molecule has 2 aromatic heterocycles. The highest BCUT2D eigenvalue weighted by Gasteiger charge is 2.20. The summed E-state index contributed by atoms with van der Waals surface area (Å²) < 4.78 is 0. The lowest BCUT2D eigenvalue weighted by atomic mass is 10.2. The highest BCUT2D eigenvalue weighted by molar-refractivity contribution is 7.99. The number of carbonyl (C=O) groups excluding carboxylic acids is 1. The Kier molecular flexibility index (Phi) is 4.01. The topological polar surface area (TPSA) is 110 Å². The number of hydrogen-bond donors (Lipinski definition) is 4. The van der Waals surface area contributed by atoms with Crippen molar-refractivity contribution in [2.75, 3.05) is 17.3 Å². The minimum atomic E-state index is -0.498. The number of nitrogens with zero attached hydrogens (tertiary/aromatic N) is 1. The maximum atomic E-state index is 11.3. The molecule has 0 aromatic carbocycles. The summed E-state index contributed by atoms with van der Waals surface area (Å²) in [6.45, 7) is 2.01. The Bertz CT molecular complexity index is 578. The van der Waals surface area contributed by atoms with Gasteiger partial charge in [0.15, 0.2) is 0 Å². The summed E-state index contributed by atoms with van der Waals surface area (Å²) >= 11 is 2.77. The molecule has 2 heterocycles. The van der Waals surface area contributed by atoms with Gasteiger partial charge in [-0.2, -0.15) is 5.10 Å². The number of aromatic nitrogens is 2. The molecule has 0 aliphatic carbocycles. The SMILES string of the molecule is CSc1c(NC(C)c2cn[nH]c2)sc(C(N)=O)c1N. The molecule has 6 nitrogen and oxygen atoms in total. The normalized spacial score (nSPS) is 12.3. The Morgan fingerprint density at radius 2 is 2.37 bits per heavy atom. The van der Waals surface area contributed by atoms with Gasteiger partial charge in [0.25, 0.3) is 5.91 Å². The van der Waals surface area contributed by atoms with Crippen molar-refractivity contribution >= 4 is 39.7 Å². The van der Waals surface area contributed by atoms with Gasteiger partial charge in [-0.1, -0.05) is 0 Å². The highest BCUT2D eigenvalue weighted by Crippen LogP contribution is 2.42. The van der Waals surface area contributed by atoms with Crippen LogP contribution in [0.3, 0.4) is 0 Å². The number of rotatable bonds is 5. The number of carbonyl (C=O) groups is 1. The standard InChI is InChI=1S/C11H15N5OS2/c1-5(6-3-14-15-4-6)16-11-9(18-2)7(12)8(19-11)10(13)17/h3-5,16H,12H2,1-2H3,(H2,13,17)(H,14,15). The molecular formula is C11H15N5OS2. The average Bonchev–Trinajstić information content (AvgIpc) is 2.97. The third-order valence-corrected chi connectivity index (χ3v) is 4.81.